The van der Waals surface area contributed by atoms with Gasteiger partial charge < -0.3 is 9.67 Å². The molecule has 1 saturated carbocycles. The molecule has 0 saturated heterocycles. The third kappa shape index (κ3) is 1.99. The summed E-state index contributed by atoms with van der Waals surface area (Å²) in [6.45, 7) is 0. The molecule has 4 nitrogen and oxygen atoms in total. The highest BCUT2D eigenvalue weighted by Gasteiger charge is 2.40. The second kappa shape index (κ2) is 4.49. The number of carboxylic acids is 1. The Hall–Kier alpha value is -2.02. The SMILES string of the molecule is O=C(O)c1cn(C2C[C@H]2F)c2c(Cl)c(F)c(F)cc2c1=O. The molecular formula is C13H7ClF3NO3. The number of fused-ring (bicyclic) bond motifs is 1. The van der Waals surface area contributed by atoms with E-state index in [1.54, 1.807) is 0 Å². The van der Waals surface area contributed by atoms with Crippen molar-refractivity contribution in [3.63, 3.8) is 0 Å². The van der Waals surface area contributed by atoms with E-state index in [9.17, 15) is 22.8 Å². The van der Waals surface area contributed by atoms with Gasteiger partial charge >= 0.3 is 5.97 Å². The van der Waals surface area contributed by atoms with Gasteiger partial charge in [0.15, 0.2) is 11.6 Å². The lowest BCUT2D eigenvalue weighted by molar-refractivity contribution is 0.0694. The van der Waals surface area contributed by atoms with Crippen LogP contribution >= 0.6 is 11.6 Å². The molecule has 0 aliphatic heterocycles. The van der Waals surface area contributed by atoms with E-state index >= 15 is 0 Å². The number of aromatic carboxylic acids is 1. The Kier molecular flexibility index (Phi) is 2.98. The van der Waals surface area contributed by atoms with Crippen molar-refractivity contribution in [1.82, 2.24) is 4.57 Å². The molecule has 1 aromatic heterocycles. The first kappa shape index (κ1) is 13.9. The monoisotopic (exact) mass is 317 g/mol. The maximum absolute atomic E-state index is 13.6. The molecule has 0 spiro atoms. The van der Waals surface area contributed by atoms with Crippen molar-refractivity contribution in [2.45, 2.75) is 18.6 Å². The van der Waals surface area contributed by atoms with Crippen LogP contribution in [0.25, 0.3) is 10.9 Å². The summed E-state index contributed by atoms with van der Waals surface area (Å²) in [5.41, 5.74) is -1.84. The highest BCUT2D eigenvalue weighted by Crippen LogP contribution is 2.42. The lowest BCUT2D eigenvalue weighted by atomic mass is 10.1. The summed E-state index contributed by atoms with van der Waals surface area (Å²) in [5, 5.41) is 7.94. The van der Waals surface area contributed by atoms with Crippen LogP contribution in [0.2, 0.25) is 5.02 Å². The smallest absolute Gasteiger partial charge is 0.341 e. The average Bonchev–Trinajstić information content (AvgIpc) is 3.14. The number of halogens is 4. The van der Waals surface area contributed by atoms with Gasteiger partial charge in [-0.05, 0) is 6.07 Å². The zero-order chi connectivity index (χ0) is 15.5. The zero-order valence-corrected chi connectivity index (χ0v) is 11.0. The van der Waals surface area contributed by atoms with E-state index in [2.05, 4.69) is 0 Å². The van der Waals surface area contributed by atoms with E-state index in [0.29, 0.717) is 6.07 Å². The minimum atomic E-state index is -1.53. The number of pyridine rings is 1. The molecule has 21 heavy (non-hydrogen) atoms. The fourth-order valence-electron chi connectivity index (χ4n) is 2.27. The second-order valence-corrected chi connectivity index (χ2v) is 5.16. The molecule has 1 fully saturated rings. The van der Waals surface area contributed by atoms with Crippen LogP contribution in [0.15, 0.2) is 17.1 Å². The van der Waals surface area contributed by atoms with Crippen molar-refractivity contribution in [2.75, 3.05) is 0 Å². The normalized spacial score (nSPS) is 20.8. The van der Waals surface area contributed by atoms with Crippen LogP contribution < -0.4 is 5.43 Å². The van der Waals surface area contributed by atoms with Gasteiger partial charge in [-0.2, -0.15) is 0 Å². The van der Waals surface area contributed by atoms with Gasteiger partial charge in [-0.1, -0.05) is 11.6 Å². The molecule has 1 aliphatic rings. The summed E-state index contributed by atoms with van der Waals surface area (Å²) in [6.07, 6.45) is -0.242. The predicted octanol–water partition coefficient (Wildman–Crippen LogP) is 2.91. The highest BCUT2D eigenvalue weighted by molar-refractivity contribution is 6.35. The van der Waals surface area contributed by atoms with Crippen molar-refractivity contribution < 1.29 is 23.1 Å². The molecule has 0 radical (unpaired) electrons. The van der Waals surface area contributed by atoms with Crippen LogP contribution in [0.4, 0.5) is 13.2 Å². The number of nitrogens with zero attached hydrogens (tertiary/aromatic N) is 1. The van der Waals surface area contributed by atoms with Gasteiger partial charge in [-0.25, -0.2) is 18.0 Å². The Morgan fingerprint density at radius 2 is 2.05 bits per heavy atom. The summed E-state index contributed by atoms with van der Waals surface area (Å²) in [4.78, 5) is 23.1. The number of hydrogen-bond donors (Lipinski definition) is 1. The Bertz CT molecular complexity index is 849. The van der Waals surface area contributed by atoms with Crippen molar-refractivity contribution in [3.8, 4) is 0 Å². The van der Waals surface area contributed by atoms with Gasteiger partial charge in [-0.3, -0.25) is 4.79 Å². The van der Waals surface area contributed by atoms with E-state index in [1.165, 1.54) is 0 Å². The molecule has 0 amide bonds. The third-order valence-corrected chi connectivity index (χ3v) is 3.77. The van der Waals surface area contributed by atoms with Crippen molar-refractivity contribution in [2.24, 2.45) is 0 Å². The summed E-state index contributed by atoms with van der Waals surface area (Å²) < 4.78 is 41.4. The number of carboxylic acid groups (broad SMARTS) is 1. The van der Waals surface area contributed by atoms with Gasteiger partial charge in [-0.15, -0.1) is 0 Å². The van der Waals surface area contributed by atoms with Gasteiger partial charge in [0.2, 0.25) is 5.43 Å². The first-order valence-corrected chi connectivity index (χ1v) is 6.30. The number of hydrogen-bond acceptors (Lipinski definition) is 2. The fourth-order valence-corrected chi connectivity index (χ4v) is 2.56. The number of alkyl halides is 1. The molecule has 110 valence electrons. The predicted molar refractivity (Wildman–Crippen MR) is 68.6 cm³/mol. The van der Waals surface area contributed by atoms with Gasteiger partial charge in [0.1, 0.15) is 16.8 Å². The lowest BCUT2D eigenvalue weighted by Crippen LogP contribution is -2.19. The van der Waals surface area contributed by atoms with E-state index < -0.39 is 51.2 Å². The van der Waals surface area contributed by atoms with Gasteiger partial charge in [0, 0.05) is 12.6 Å². The molecule has 0 bridgehead atoms. The molecule has 1 N–H and O–H groups in total. The standard InChI is InChI=1S/C13H7ClF3NO3/c14-9-10(17)7(16)1-4-11(9)18(8-2-6(8)15)3-5(12(4)19)13(20)21/h1,3,6,8H,2H2,(H,20,21)/t6-,8?/m1/s1. The minimum absolute atomic E-state index is 0.0896. The lowest BCUT2D eigenvalue weighted by Gasteiger charge is -2.13. The quantitative estimate of drug-likeness (QED) is 0.866. The Balaban J connectivity index is 2.49. The van der Waals surface area contributed by atoms with Crippen molar-refractivity contribution in [3.05, 3.63) is 44.7 Å². The summed E-state index contributed by atoms with van der Waals surface area (Å²) >= 11 is 5.72. The first-order chi connectivity index (χ1) is 9.82. The molecule has 1 heterocycles. The number of carbonyl (C=O) groups is 1. The summed E-state index contributed by atoms with van der Waals surface area (Å²) in [6, 6.07) is -0.161. The number of aromatic nitrogens is 1. The molecule has 1 aliphatic carbocycles. The maximum atomic E-state index is 13.6. The minimum Gasteiger partial charge on any atom is -0.477 e. The average molecular weight is 318 g/mol. The van der Waals surface area contributed by atoms with E-state index in [0.717, 1.165) is 10.8 Å². The van der Waals surface area contributed by atoms with Crippen molar-refractivity contribution >= 4 is 28.5 Å². The Morgan fingerprint density at radius 3 is 2.57 bits per heavy atom. The van der Waals surface area contributed by atoms with E-state index in [-0.39, 0.29) is 11.9 Å². The molecule has 2 aromatic rings. The van der Waals surface area contributed by atoms with Crippen LogP contribution in [0, 0.1) is 11.6 Å². The van der Waals surface area contributed by atoms with Crippen LogP contribution in [-0.4, -0.2) is 21.8 Å². The highest BCUT2D eigenvalue weighted by atomic mass is 35.5. The molecule has 1 aromatic carbocycles. The molecule has 8 heteroatoms. The van der Waals surface area contributed by atoms with Gasteiger partial charge in [0.05, 0.1) is 16.9 Å². The zero-order valence-electron chi connectivity index (χ0n) is 10.2. The van der Waals surface area contributed by atoms with Crippen LogP contribution in [0.3, 0.4) is 0 Å². The molecule has 3 rings (SSSR count). The topological polar surface area (TPSA) is 59.3 Å². The van der Waals surface area contributed by atoms with Crippen LogP contribution in [-0.2, 0) is 0 Å². The van der Waals surface area contributed by atoms with Crippen molar-refractivity contribution in [1.29, 1.82) is 0 Å². The Labute approximate surface area is 120 Å². The van der Waals surface area contributed by atoms with Crippen LogP contribution in [0.1, 0.15) is 22.8 Å². The maximum Gasteiger partial charge on any atom is 0.341 e. The second-order valence-electron chi connectivity index (χ2n) is 4.79. The summed E-state index contributed by atoms with van der Waals surface area (Å²) in [7, 11) is 0. The van der Waals surface area contributed by atoms with E-state index in [4.69, 9.17) is 16.7 Å². The fraction of sp³-hybridized carbons (Fsp3) is 0.231. The first-order valence-electron chi connectivity index (χ1n) is 5.92. The molecule has 1 unspecified atom stereocenters. The van der Waals surface area contributed by atoms with Crippen LogP contribution in [0.5, 0.6) is 0 Å². The number of rotatable bonds is 2. The summed E-state index contributed by atoms with van der Waals surface area (Å²) in [5.74, 6) is -4.27. The molecule has 2 atom stereocenters. The largest absolute Gasteiger partial charge is 0.477 e. The van der Waals surface area contributed by atoms with Gasteiger partial charge in [0.25, 0.3) is 0 Å². The molecular weight excluding hydrogens is 311 g/mol. The Morgan fingerprint density at radius 1 is 1.43 bits per heavy atom. The third-order valence-electron chi connectivity index (χ3n) is 3.42. The van der Waals surface area contributed by atoms with E-state index in [1.807, 2.05) is 0 Å². The number of benzene rings is 1.